The summed E-state index contributed by atoms with van der Waals surface area (Å²) in [6, 6.07) is 8.03. The molecule has 2 aromatic rings. The minimum Gasteiger partial charge on any atom is -0.488 e. The molecule has 1 aromatic carbocycles. The van der Waals surface area contributed by atoms with Crippen LogP contribution in [0.1, 0.15) is 53.1 Å². The second kappa shape index (κ2) is 5.72. The van der Waals surface area contributed by atoms with Gasteiger partial charge in [0.2, 0.25) is 5.76 Å². The average molecular weight is 312 g/mol. The maximum absolute atomic E-state index is 12.4. The number of benzene rings is 1. The van der Waals surface area contributed by atoms with Gasteiger partial charge in [0.25, 0.3) is 5.91 Å². The predicted octanol–water partition coefficient (Wildman–Crippen LogP) is 2.85. The predicted molar refractivity (Wildman–Crippen MR) is 84.8 cm³/mol. The van der Waals surface area contributed by atoms with Crippen molar-refractivity contribution in [3.05, 3.63) is 46.8 Å². The van der Waals surface area contributed by atoms with Crippen LogP contribution in [0.4, 0.5) is 0 Å². The van der Waals surface area contributed by atoms with Gasteiger partial charge in [-0.1, -0.05) is 30.3 Å². The quantitative estimate of drug-likeness (QED) is 0.946. The summed E-state index contributed by atoms with van der Waals surface area (Å²) in [5.74, 6) is 1.36. The van der Waals surface area contributed by atoms with Crippen LogP contribution < -0.4 is 10.1 Å². The zero-order valence-electron chi connectivity index (χ0n) is 13.2. The molecule has 23 heavy (non-hydrogen) atoms. The van der Waals surface area contributed by atoms with Gasteiger partial charge < -0.3 is 14.6 Å². The van der Waals surface area contributed by atoms with E-state index in [4.69, 9.17) is 9.26 Å². The Morgan fingerprint density at radius 3 is 3.00 bits per heavy atom. The monoisotopic (exact) mass is 312 g/mol. The van der Waals surface area contributed by atoms with E-state index in [2.05, 4.69) is 23.5 Å². The average Bonchev–Trinajstić information content (AvgIpc) is 3.15. The van der Waals surface area contributed by atoms with Gasteiger partial charge in [-0.3, -0.25) is 4.79 Å². The summed E-state index contributed by atoms with van der Waals surface area (Å²) in [6.07, 6.45) is 3.95. The summed E-state index contributed by atoms with van der Waals surface area (Å²) in [4.78, 5) is 12.4. The lowest BCUT2D eigenvalue weighted by Crippen LogP contribution is -2.36. The molecule has 0 saturated carbocycles. The highest BCUT2D eigenvalue weighted by atomic mass is 16.5. The SMILES string of the molecule is C[C@H]1c2ccccc2O[C@H]1CNC(=O)c1onc2c1CCCC2. The topological polar surface area (TPSA) is 64.4 Å². The van der Waals surface area contributed by atoms with Crippen LogP contribution in [0.5, 0.6) is 5.75 Å². The molecule has 5 heteroatoms. The van der Waals surface area contributed by atoms with Gasteiger partial charge in [0.05, 0.1) is 12.2 Å². The second-order valence-corrected chi connectivity index (χ2v) is 6.34. The third-order valence-electron chi connectivity index (χ3n) is 4.88. The molecule has 1 amide bonds. The Balaban J connectivity index is 1.42. The molecule has 120 valence electrons. The Kier molecular flexibility index (Phi) is 3.56. The number of ether oxygens (including phenoxy) is 1. The van der Waals surface area contributed by atoms with E-state index in [1.807, 2.05) is 18.2 Å². The Labute approximate surface area is 135 Å². The van der Waals surface area contributed by atoms with Gasteiger partial charge in [-0.05, 0) is 31.7 Å². The summed E-state index contributed by atoms with van der Waals surface area (Å²) < 4.78 is 11.2. The van der Waals surface area contributed by atoms with E-state index < -0.39 is 0 Å². The van der Waals surface area contributed by atoms with Crippen molar-refractivity contribution in [2.45, 2.75) is 44.6 Å². The van der Waals surface area contributed by atoms with Gasteiger partial charge in [0.15, 0.2) is 0 Å². The summed E-state index contributed by atoms with van der Waals surface area (Å²) in [7, 11) is 0. The molecule has 1 N–H and O–H groups in total. The minimum atomic E-state index is -0.188. The highest BCUT2D eigenvalue weighted by Gasteiger charge is 2.31. The van der Waals surface area contributed by atoms with Gasteiger partial charge in [-0.15, -0.1) is 0 Å². The molecule has 0 fully saturated rings. The fraction of sp³-hybridized carbons (Fsp3) is 0.444. The summed E-state index contributed by atoms with van der Waals surface area (Å²) in [5.41, 5.74) is 3.13. The van der Waals surface area contributed by atoms with Crippen LogP contribution in [0.25, 0.3) is 0 Å². The number of carbonyl (C=O) groups excluding carboxylic acids is 1. The molecule has 2 heterocycles. The van der Waals surface area contributed by atoms with Crippen molar-refractivity contribution in [1.29, 1.82) is 0 Å². The van der Waals surface area contributed by atoms with Crippen LogP contribution in [-0.4, -0.2) is 23.7 Å². The number of amides is 1. The fourth-order valence-corrected chi connectivity index (χ4v) is 3.49. The fourth-order valence-electron chi connectivity index (χ4n) is 3.49. The molecule has 0 saturated heterocycles. The van der Waals surface area contributed by atoms with Crippen LogP contribution in [0.3, 0.4) is 0 Å². The molecular formula is C18H20N2O3. The van der Waals surface area contributed by atoms with Gasteiger partial charge in [0.1, 0.15) is 11.9 Å². The second-order valence-electron chi connectivity index (χ2n) is 6.34. The first kappa shape index (κ1) is 14.3. The van der Waals surface area contributed by atoms with Crippen molar-refractivity contribution in [3.63, 3.8) is 0 Å². The van der Waals surface area contributed by atoms with Crippen molar-refractivity contribution in [1.82, 2.24) is 10.5 Å². The van der Waals surface area contributed by atoms with Gasteiger partial charge >= 0.3 is 0 Å². The zero-order valence-corrected chi connectivity index (χ0v) is 13.2. The molecule has 2 aliphatic rings. The Hall–Kier alpha value is -2.30. The number of hydrogen-bond donors (Lipinski definition) is 1. The van der Waals surface area contributed by atoms with Crippen molar-refractivity contribution in [3.8, 4) is 5.75 Å². The molecule has 1 aromatic heterocycles. The lowest BCUT2D eigenvalue weighted by Gasteiger charge is -2.16. The van der Waals surface area contributed by atoms with Crippen LogP contribution >= 0.6 is 0 Å². The number of rotatable bonds is 3. The standard InChI is InChI=1S/C18H20N2O3/c1-11-12-6-3-5-9-15(12)22-16(11)10-19-18(21)17-13-7-2-4-8-14(13)20-23-17/h3,5-6,9,11,16H,2,4,7-8,10H2,1H3,(H,19,21)/t11-,16-/m0/s1. The largest absolute Gasteiger partial charge is 0.488 e. The number of aromatic nitrogens is 1. The van der Waals surface area contributed by atoms with Crippen LogP contribution in [-0.2, 0) is 12.8 Å². The maximum Gasteiger partial charge on any atom is 0.290 e. The first-order chi connectivity index (χ1) is 11.2. The highest BCUT2D eigenvalue weighted by Crippen LogP contribution is 2.37. The molecule has 1 aliphatic heterocycles. The zero-order chi connectivity index (χ0) is 15.8. The molecule has 5 nitrogen and oxygen atoms in total. The highest BCUT2D eigenvalue weighted by molar-refractivity contribution is 5.93. The summed E-state index contributed by atoms with van der Waals surface area (Å²) in [5, 5.41) is 6.98. The van der Waals surface area contributed by atoms with E-state index in [0.29, 0.717) is 12.3 Å². The van der Waals surface area contributed by atoms with Crippen molar-refractivity contribution >= 4 is 5.91 Å². The Morgan fingerprint density at radius 1 is 1.30 bits per heavy atom. The summed E-state index contributed by atoms with van der Waals surface area (Å²) in [6.45, 7) is 2.59. The number of nitrogens with one attached hydrogen (secondary N) is 1. The van der Waals surface area contributed by atoms with E-state index in [1.54, 1.807) is 0 Å². The lowest BCUT2D eigenvalue weighted by atomic mass is 9.95. The maximum atomic E-state index is 12.4. The third-order valence-corrected chi connectivity index (χ3v) is 4.88. The lowest BCUT2D eigenvalue weighted by molar-refractivity contribution is 0.0891. The number of fused-ring (bicyclic) bond motifs is 2. The molecule has 1 aliphatic carbocycles. The molecule has 0 spiro atoms. The van der Waals surface area contributed by atoms with Gasteiger partial charge in [-0.25, -0.2) is 0 Å². The van der Waals surface area contributed by atoms with E-state index >= 15 is 0 Å². The number of aryl methyl sites for hydroxylation is 1. The number of hydrogen-bond acceptors (Lipinski definition) is 4. The number of para-hydroxylation sites is 1. The molecule has 2 atom stereocenters. The first-order valence-corrected chi connectivity index (χ1v) is 8.25. The van der Waals surface area contributed by atoms with E-state index in [9.17, 15) is 4.79 Å². The van der Waals surface area contributed by atoms with Crippen molar-refractivity contribution < 1.29 is 14.1 Å². The van der Waals surface area contributed by atoms with Crippen LogP contribution in [0, 0.1) is 0 Å². The first-order valence-electron chi connectivity index (χ1n) is 8.25. The summed E-state index contributed by atoms with van der Waals surface area (Å²) >= 11 is 0. The normalized spacial score (nSPS) is 22.1. The molecule has 0 bridgehead atoms. The molecule has 4 rings (SSSR count). The van der Waals surface area contributed by atoms with E-state index in [1.165, 1.54) is 5.56 Å². The van der Waals surface area contributed by atoms with Crippen molar-refractivity contribution in [2.75, 3.05) is 6.54 Å². The minimum absolute atomic E-state index is 0.0462. The molecule has 0 unspecified atom stereocenters. The van der Waals surface area contributed by atoms with Crippen LogP contribution in [0.15, 0.2) is 28.8 Å². The number of nitrogens with zero attached hydrogens (tertiary/aromatic N) is 1. The third kappa shape index (κ3) is 2.50. The smallest absolute Gasteiger partial charge is 0.290 e. The van der Waals surface area contributed by atoms with E-state index in [-0.39, 0.29) is 17.9 Å². The Morgan fingerprint density at radius 2 is 2.13 bits per heavy atom. The van der Waals surface area contributed by atoms with Gasteiger partial charge in [-0.2, -0.15) is 0 Å². The van der Waals surface area contributed by atoms with Crippen LogP contribution in [0.2, 0.25) is 0 Å². The molecule has 0 radical (unpaired) electrons. The van der Waals surface area contributed by atoms with E-state index in [0.717, 1.165) is 42.7 Å². The van der Waals surface area contributed by atoms with Crippen molar-refractivity contribution in [2.24, 2.45) is 0 Å². The molecular weight excluding hydrogens is 292 g/mol. The Bertz CT molecular complexity index is 738. The number of carbonyl (C=O) groups is 1. The van der Waals surface area contributed by atoms with Gasteiger partial charge in [0, 0.05) is 17.0 Å².